The molecule has 0 aliphatic carbocycles. The number of benzene rings is 2. The fraction of sp³-hybridized carbons (Fsp3) is 0.111. The second-order valence-corrected chi connectivity index (χ2v) is 6.47. The molecule has 0 bridgehead atoms. The molecule has 1 amide bonds. The first-order valence-electron chi connectivity index (χ1n) is 7.81. The van der Waals surface area contributed by atoms with Crippen LogP contribution in [-0.4, -0.2) is 33.9 Å². The molecule has 1 heterocycles. The molecule has 9 heteroatoms. The zero-order chi connectivity index (χ0) is 19.4. The van der Waals surface area contributed by atoms with Crippen LogP contribution in [-0.2, 0) is 11.3 Å². The minimum Gasteiger partial charge on any atom is -0.507 e. The topological polar surface area (TPSA) is 106 Å². The van der Waals surface area contributed by atoms with E-state index in [0.29, 0.717) is 22.2 Å². The maximum absolute atomic E-state index is 12.4. The van der Waals surface area contributed by atoms with Crippen molar-refractivity contribution in [3.63, 3.8) is 0 Å². The third kappa shape index (κ3) is 4.32. The number of rotatable bonds is 5. The van der Waals surface area contributed by atoms with Crippen LogP contribution < -0.4 is 15.7 Å². The standard InChI is InChI=1S/C18H15BrN4O4/c1-27-13-4-2-11(16(24)7-13)8-21-22-17(25)9-23-10-20-15-6-12(19)3-5-14(15)18(23)26/h2-8,10,24H,9H2,1H3,(H,22,25)/b21-8+. The summed E-state index contributed by atoms with van der Waals surface area (Å²) in [4.78, 5) is 28.6. The zero-order valence-electron chi connectivity index (χ0n) is 14.2. The Kier molecular flexibility index (Phi) is 5.51. The number of amides is 1. The average molecular weight is 431 g/mol. The summed E-state index contributed by atoms with van der Waals surface area (Å²) in [5.41, 5.74) is 2.94. The fourth-order valence-electron chi connectivity index (χ4n) is 2.37. The van der Waals surface area contributed by atoms with E-state index >= 15 is 0 Å². The van der Waals surface area contributed by atoms with Crippen molar-refractivity contribution >= 4 is 39.0 Å². The number of carbonyl (C=O) groups excluding carboxylic acids is 1. The number of phenols is 1. The van der Waals surface area contributed by atoms with Crippen LogP contribution >= 0.6 is 15.9 Å². The molecule has 27 heavy (non-hydrogen) atoms. The number of carbonyl (C=O) groups is 1. The van der Waals surface area contributed by atoms with E-state index in [1.165, 1.54) is 30.3 Å². The summed E-state index contributed by atoms with van der Waals surface area (Å²) < 4.78 is 7.01. The lowest BCUT2D eigenvalue weighted by Crippen LogP contribution is -2.30. The molecule has 138 valence electrons. The Morgan fingerprint density at radius 2 is 2.19 bits per heavy atom. The largest absolute Gasteiger partial charge is 0.507 e. The monoisotopic (exact) mass is 430 g/mol. The van der Waals surface area contributed by atoms with Crippen LogP contribution in [0.1, 0.15) is 5.56 Å². The van der Waals surface area contributed by atoms with Crippen molar-refractivity contribution < 1.29 is 14.6 Å². The lowest BCUT2D eigenvalue weighted by Gasteiger charge is -2.06. The molecule has 0 saturated carbocycles. The molecule has 0 aliphatic heterocycles. The molecular weight excluding hydrogens is 416 g/mol. The Morgan fingerprint density at radius 1 is 1.37 bits per heavy atom. The molecule has 3 rings (SSSR count). The molecular formula is C18H15BrN4O4. The molecule has 0 unspecified atom stereocenters. The number of fused-ring (bicyclic) bond motifs is 1. The lowest BCUT2D eigenvalue weighted by atomic mass is 10.2. The van der Waals surface area contributed by atoms with Gasteiger partial charge in [-0.15, -0.1) is 0 Å². The number of aromatic hydroxyl groups is 1. The second-order valence-electron chi connectivity index (χ2n) is 5.56. The number of aromatic nitrogens is 2. The lowest BCUT2D eigenvalue weighted by molar-refractivity contribution is -0.121. The maximum atomic E-state index is 12.4. The van der Waals surface area contributed by atoms with E-state index in [1.54, 1.807) is 30.3 Å². The minimum absolute atomic E-state index is 0.0338. The Bertz CT molecular complexity index is 1090. The van der Waals surface area contributed by atoms with E-state index in [1.807, 2.05) is 0 Å². The number of nitrogens with zero attached hydrogens (tertiary/aromatic N) is 3. The summed E-state index contributed by atoms with van der Waals surface area (Å²) in [7, 11) is 1.49. The first-order chi connectivity index (χ1) is 13.0. The van der Waals surface area contributed by atoms with Crippen molar-refractivity contribution in [2.45, 2.75) is 6.54 Å². The number of hydrazone groups is 1. The molecule has 2 N–H and O–H groups in total. The van der Waals surface area contributed by atoms with Gasteiger partial charge in [-0.25, -0.2) is 10.4 Å². The van der Waals surface area contributed by atoms with Crippen LogP contribution in [0.4, 0.5) is 0 Å². The van der Waals surface area contributed by atoms with Crippen molar-refractivity contribution in [2.75, 3.05) is 7.11 Å². The molecule has 8 nitrogen and oxygen atoms in total. The fourth-order valence-corrected chi connectivity index (χ4v) is 2.72. The van der Waals surface area contributed by atoms with Crippen LogP contribution in [0.3, 0.4) is 0 Å². The predicted octanol–water partition coefficient (Wildman–Crippen LogP) is 2.02. The van der Waals surface area contributed by atoms with Gasteiger partial charge in [-0.1, -0.05) is 15.9 Å². The highest BCUT2D eigenvalue weighted by Gasteiger charge is 2.08. The summed E-state index contributed by atoms with van der Waals surface area (Å²) in [5, 5.41) is 14.0. The molecule has 2 aromatic carbocycles. The van der Waals surface area contributed by atoms with Gasteiger partial charge < -0.3 is 9.84 Å². The van der Waals surface area contributed by atoms with Gasteiger partial charge in [0.2, 0.25) is 0 Å². The zero-order valence-corrected chi connectivity index (χ0v) is 15.8. The van der Waals surface area contributed by atoms with Crippen molar-refractivity contribution in [1.29, 1.82) is 0 Å². The van der Waals surface area contributed by atoms with Gasteiger partial charge in [0.15, 0.2) is 0 Å². The molecule has 0 radical (unpaired) electrons. The summed E-state index contributed by atoms with van der Waals surface area (Å²) in [6.45, 7) is -0.232. The van der Waals surface area contributed by atoms with Crippen LogP contribution in [0.15, 0.2) is 57.1 Å². The van der Waals surface area contributed by atoms with Crippen LogP contribution in [0, 0.1) is 0 Å². The second kappa shape index (κ2) is 8.00. The molecule has 0 fully saturated rings. The molecule has 0 aliphatic rings. The summed E-state index contributed by atoms with van der Waals surface area (Å²) in [6.07, 6.45) is 2.61. The van der Waals surface area contributed by atoms with Crippen LogP contribution in [0.5, 0.6) is 11.5 Å². The first kappa shape index (κ1) is 18.6. The summed E-state index contributed by atoms with van der Waals surface area (Å²) >= 11 is 3.32. The number of hydrogen-bond donors (Lipinski definition) is 2. The van der Waals surface area contributed by atoms with Gasteiger partial charge >= 0.3 is 0 Å². The van der Waals surface area contributed by atoms with Crippen LogP contribution in [0.25, 0.3) is 10.9 Å². The van der Waals surface area contributed by atoms with Crippen molar-refractivity contribution in [3.8, 4) is 11.5 Å². The van der Waals surface area contributed by atoms with E-state index in [4.69, 9.17) is 4.74 Å². The van der Waals surface area contributed by atoms with Crippen molar-refractivity contribution in [1.82, 2.24) is 15.0 Å². The maximum Gasteiger partial charge on any atom is 0.261 e. The van der Waals surface area contributed by atoms with Gasteiger partial charge in [-0.2, -0.15) is 5.10 Å². The normalized spacial score (nSPS) is 11.0. The van der Waals surface area contributed by atoms with Crippen LogP contribution in [0.2, 0.25) is 0 Å². The number of phenolic OH excluding ortho intramolecular Hbond substituents is 1. The Hall–Kier alpha value is -3.20. The Labute approximate surface area is 162 Å². The molecule has 0 spiro atoms. The summed E-state index contributed by atoms with van der Waals surface area (Å²) in [6, 6.07) is 9.80. The number of methoxy groups -OCH3 is 1. The third-order valence-corrected chi connectivity index (χ3v) is 4.22. The van der Waals surface area contributed by atoms with E-state index in [0.717, 1.165) is 4.47 Å². The van der Waals surface area contributed by atoms with Gasteiger partial charge in [0.1, 0.15) is 18.0 Å². The average Bonchev–Trinajstić information content (AvgIpc) is 2.65. The predicted molar refractivity (Wildman–Crippen MR) is 104 cm³/mol. The Morgan fingerprint density at radius 3 is 2.93 bits per heavy atom. The third-order valence-electron chi connectivity index (χ3n) is 3.73. The number of ether oxygens (including phenoxy) is 1. The number of halogens is 1. The minimum atomic E-state index is -0.500. The van der Waals surface area contributed by atoms with Gasteiger partial charge in [0, 0.05) is 16.1 Å². The highest BCUT2D eigenvalue weighted by Crippen LogP contribution is 2.21. The SMILES string of the molecule is COc1ccc(/C=N/NC(=O)Cn2cnc3cc(Br)ccc3c2=O)c(O)c1. The summed E-state index contributed by atoms with van der Waals surface area (Å²) in [5.74, 6) is -0.0306. The smallest absolute Gasteiger partial charge is 0.261 e. The highest BCUT2D eigenvalue weighted by atomic mass is 79.9. The number of hydrogen-bond acceptors (Lipinski definition) is 6. The van der Waals surface area contributed by atoms with E-state index in [9.17, 15) is 14.7 Å². The first-order valence-corrected chi connectivity index (χ1v) is 8.61. The van der Waals surface area contributed by atoms with Gasteiger partial charge in [0.05, 0.1) is 30.6 Å². The Balaban J connectivity index is 1.69. The van der Waals surface area contributed by atoms with E-state index < -0.39 is 5.91 Å². The molecule has 0 saturated heterocycles. The van der Waals surface area contributed by atoms with Gasteiger partial charge in [0.25, 0.3) is 11.5 Å². The number of nitrogens with one attached hydrogen (secondary N) is 1. The highest BCUT2D eigenvalue weighted by molar-refractivity contribution is 9.10. The molecule has 1 aromatic heterocycles. The van der Waals surface area contributed by atoms with Gasteiger partial charge in [-0.3, -0.25) is 14.2 Å². The molecule has 0 atom stereocenters. The van der Waals surface area contributed by atoms with Crippen molar-refractivity contribution in [2.24, 2.45) is 5.10 Å². The van der Waals surface area contributed by atoms with E-state index in [-0.39, 0.29) is 17.9 Å². The molecule has 3 aromatic rings. The van der Waals surface area contributed by atoms with Crippen molar-refractivity contribution in [3.05, 3.63) is 63.1 Å². The van der Waals surface area contributed by atoms with Gasteiger partial charge in [-0.05, 0) is 30.3 Å². The van der Waals surface area contributed by atoms with E-state index in [2.05, 4.69) is 31.4 Å². The quantitative estimate of drug-likeness (QED) is 0.475.